The summed E-state index contributed by atoms with van der Waals surface area (Å²) in [4.78, 5) is 12.3. The van der Waals surface area contributed by atoms with Crippen molar-refractivity contribution in [2.75, 3.05) is 13.7 Å². The van der Waals surface area contributed by atoms with Crippen LogP contribution in [-0.2, 0) is 11.3 Å². The van der Waals surface area contributed by atoms with Crippen LogP contribution in [0.25, 0.3) is 0 Å². The number of carbonyl (C=O) groups excluding carboxylic acids is 1. The molecule has 2 N–H and O–H groups in total. The lowest BCUT2D eigenvalue weighted by Gasteiger charge is -2.28. The van der Waals surface area contributed by atoms with Crippen LogP contribution in [-0.4, -0.2) is 31.7 Å². The zero-order chi connectivity index (χ0) is 17.8. The molecular weight excluding hydrogens is 340 g/mol. The number of amides is 1. The highest BCUT2D eigenvalue weighted by atomic mass is 35.5. The van der Waals surface area contributed by atoms with Gasteiger partial charge in [-0.3, -0.25) is 4.79 Å². The van der Waals surface area contributed by atoms with Gasteiger partial charge in [-0.05, 0) is 56.2 Å². The predicted octanol–water partition coefficient (Wildman–Crippen LogP) is 3.28. The number of ether oxygens (including phenoxy) is 2. The second-order valence-electron chi connectivity index (χ2n) is 7.00. The third-order valence-corrected chi connectivity index (χ3v) is 5.39. The molecule has 2 bridgehead atoms. The summed E-state index contributed by atoms with van der Waals surface area (Å²) >= 11 is 6.28. The first kappa shape index (κ1) is 18.3. The molecule has 2 aliphatic heterocycles. The first-order valence-electron chi connectivity index (χ1n) is 9.11. The average Bonchev–Trinajstić information content (AvgIpc) is 2.93. The Morgan fingerprint density at radius 2 is 2.04 bits per heavy atom. The van der Waals surface area contributed by atoms with Crippen molar-refractivity contribution in [1.29, 1.82) is 0 Å². The van der Waals surface area contributed by atoms with Crippen molar-refractivity contribution in [3.63, 3.8) is 0 Å². The Bertz CT molecular complexity index is 611. The normalized spacial score (nSPS) is 24.8. The lowest BCUT2D eigenvalue weighted by atomic mass is 9.89. The maximum Gasteiger partial charge on any atom is 0.220 e. The van der Waals surface area contributed by atoms with E-state index in [0.29, 0.717) is 54.1 Å². The van der Waals surface area contributed by atoms with Crippen LogP contribution in [0, 0.1) is 5.92 Å². The van der Waals surface area contributed by atoms with Crippen LogP contribution >= 0.6 is 11.6 Å². The lowest BCUT2D eigenvalue weighted by Crippen LogP contribution is -2.39. The number of benzene rings is 1. The van der Waals surface area contributed by atoms with E-state index in [4.69, 9.17) is 21.1 Å². The molecule has 6 heteroatoms. The number of hydrogen-bond donors (Lipinski definition) is 2. The zero-order valence-corrected chi connectivity index (χ0v) is 15.7. The van der Waals surface area contributed by atoms with Gasteiger partial charge in [0.05, 0.1) is 18.7 Å². The summed E-state index contributed by atoms with van der Waals surface area (Å²) in [7, 11) is 1.59. The van der Waals surface area contributed by atoms with Gasteiger partial charge in [0.25, 0.3) is 0 Å². The third-order valence-electron chi connectivity index (χ3n) is 5.11. The van der Waals surface area contributed by atoms with Crippen molar-refractivity contribution >= 4 is 17.5 Å². The number of halogens is 1. The van der Waals surface area contributed by atoms with E-state index in [9.17, 15) is 4.79 Å². The molecule has 3 rings (SSSR count). The number of nitrogens with one attached hydrogen (secondary N) is 2. The van der Waals surface area contributed by atoms with Crippen molar-refractivity contribution in [2.24, 2.45) is 5.92 Å². The third kappa shape index (κ3) is 4.59. The summed E-state index contributed by atoms with van der Waals surface area (Å²) in [6, 6.07) is 4.92. The highest BCUT2D eigenvalue weighted by Gasteiger charge is 2.34. The minimum Gasteiger partial charge on any atom is -0.493 e. The van der Waals surface area contributed by atoms with E-state index in [1.54, 1.807) is 7.11 Å². The Labute approximate surface area is 154 Å². The van der Waals surface area contributed by atoms with Gasteiger partial charge in [0.1, 0.15) is 0 Å². The summed E-state index contributed by atoms with van der Waals surface area (Å²) in [5.41, 5.74) is 0.907. The van der Waals surface area contributed by atoms with E-state index in [1.807, 2.05) is 19.1 Å². The molecule has 1 amide bonds. The molecule has 2 fully saturated rings. The van der Waals surface area contributed by atoms with Gasteiger partial charge in [0, 0.05) is 25.0 Å². The Morgan fingerprint density at radius 3 is 2.68 bits per heavy atom. The molecule has 2 heterocycles. The minimum atomic E-state index is 0.107. The lowest BCUT2D eigenvalue weighted by molar-refractivity contribution is -0.122. The fraction of sp³-hybridized carbons (Fsp3) is 0.632. The van der Waals surface area contributed by atoms with Crippen LogP contribution in [0.3, 0.4) is 0 Å². The second-order valence-corrected chi connectivity index (χ2v) is 7.41. The van der Waals surface area contributed by atoms with Gasteiger partial charge >= 0.3 is 0 Å². The van der Waals surface area contributed by atoms with Gasteiger partial charge in [0.2, 0.25) is 5.91 Å². The van der Waals surface area contributed by atoms with Gasteiger partial charge in [0.15, 0.2) is 11.5 Å². The summed E-state index contributed by atoms with van der Waals surface area (Å²) in [5, 5.41) is 7.13. The number of hydrogen-bond acceptors (Lipinski definition) is 4. The summed E-state index contributed by atoms with van der Waals surface area (Å²) in [6.07, 6.45) is 5.36. The Kier molecular flexibility index (Phi) is 6.07. The number of carbonyl (C=O) groups is 1. The van der Waals surface area contributed by atoms with E-state index in [0.717, 1.165) is 18.4 Å². The first-order chi connectivity index (χ1) is 12.1. The molecule has 138 valence electrons. The van der Waals surface area contributed by atoms with E-state index in [-0.39, 0.29) is 5.91 Å². The van der Waals surface area contributed by atoms with Crippen molar-refractivity contribution in [3.8, 4) is 11.5 Å². The summed E-state index contributed by atoms with van der Waals surface area (Å²) in [6.45, 7) is 2.86. The molecule has 1 aromatic rings. The molecule has 0 spiro atoms. The van der Waals surface area contributed by atoms with E-state index in [2.05, 4.69) is 10.6 Å². The number of methoxy groups -OCH3 is 1. The molecular formula is C19H27ClN2O3. The van der Waals surface area contributed by atoms with Crippen molar-refractivity contribution < 1.29 is 14.3 Å². The highest BCUT2D eigenvalue weighted by Crippen LogP contribution is 2.36. The molecule has 2 atom stereocenters. The van der Waals surface area contributed by atoms with E-state index in [1.165, 1.54) is 12.8 Å². The smallest absolute Gasteiger partial charge is 0.220 e. The largest absolute Gasteiger partial charge is 0.493 e. The number of fused-ring (bicyclic) bond motifs is 2. The Morgan fingerprint density at radius 1 is 1.32 bits per heavy atom. The molecule has 1 aromatic carbocycles. The molecule has 2 aliphatic rings. The maximum atomic E-state index is 12.3. The maximum absolute atomic E-state index is 12.3. The van der Waals surface area contributed by atoms with Crippen molar-refractivity contribution in [3.05, 3.63) is 22.7 Å². The molecule has 0 aromatic heterocycles. The molecule has 5 nitrogen and oxygen atoms in total. The topological polar surface area (TPSA) is 59.6 Å². The number of rotatable bonds is 7. The molecule has 0 aliphatic carbocycles. The fourth-order valence-corrected chi connectivity index (χ4v) is 4.32. The average molecular weight is 367 g/mol. The van der Waals surface area contributed by atoms with E-state index >= 15 is 0 Å². The highest BCUT2D eigenvalue weighted by molar-refractivity contribution is 6.32. The molecule has 2 unspecified atom stereocenters. The summed E-state index contributed by atoms with van der Waals surface area (Å²) in [5.74, 6) is 1.74. The van der Waals surface area contributed by atoms with Crippen LogP contribution in [0.2, 0.25) is 5.02 Å². The van der Waals surface area contributed by atoms with Crippen LogP contribution in [0.4, 0.5) is 0 Å². The number of piperidine rings is 1. The van der Waals surface area contributed by atoms with Crippen LogP contribution in [0.1, 0.15) is 44.6 Å². The Hall–Kier alpha value is -1.46. The Balaban J connectivity index is 1.54. The standard InChI is InChI=1S/C19H27ClN2O3/c1-3-25-19-16(20)8-13(9-17(19)24-2)11-21-18(23)10-12-6-14-4-5-15(7-12)22-14/h8-9,12,14-15,22H,3-7,10-11H2,1-2H3,(H,21,23). The molecule has 25 heavy (non-hydrogen) atoms. The van der Waals surface area contributed by atoms with Crippen molar-refractivity contribution in [1.82, 2.24) is 10.6 Å². The molecule has 0 radical (unpaired) electrons. The SMILES string of the molecule is CCOc1c(Cl)cc(CNC(=O)CC2CC3CCC(C2)N3)cc1OC. The van der Waals surface area contributed by atoms with Gasteiger partial charge < -0.3 is 20.1 Å². The predicted molar refractivity (Wildman–Crippen MR) is 98.3 cm³/mol. The summed E-state index contributed by atoms with van der Waals surface area (Å²) < 4.78 is 10.9. The molecule has 2 saturated heterocycles. The van der Waals surface area contributed by atoms with Gasteiger partial charge in [-0.1, -0.05) is 11.6 Å². The van der Waals surface area contributed by atoms with Gasteiger partial charge in [-0.25, -0.2) is 0 Å². The zero-order valence-electron chi connectivity index (χ0n) is 14.9. The monoisotopic (exact) mass is 366 g/mol. The van der Waals surface area contributed by atoms with E-state index < -0.39 is 0 Å². The second kappa shape index (κ2) is 8.28. The minimum absolute atomic E-state index is 0.107. The van der Waals surface area contributed by atoms with Crippen LogP contribution in [0.5, 0.6) is 11.5 Å². The quantitative estimate of drug-likeness (QED) is 0.777. The van der Waals surface area contributed by atoms with Crippen LogP contribution < -0.4 is 20.1 Å². The van der Waals surface area contributed by atoms with Gasteiger partial charge in [-0.2, -0.15) is 0 Å². The molecule has 0 saturated carbocycles. The van der Waals surface area contributed by atoms with Crippen LogP contribution in [0.15, 0.2) is 12.1 Å². The van der Waals surface area contributed by atoms with Crippen molar-refractivity contribution in [2.45, 2.75) is 57.7 Å². The first-order valence-corrected chi connectivity index (χ1v) is 9.48. The fourth-order valence-electron chi connectivity index (χ4n) is 4.04. The van der Waals surface area contributed by atoms with Gasteiger partial charge in [-0.15, -0.1) is 0 Å².